The Hall–Kier alpha value is -1.70. The van der Waals surface area contributed by atoms with Gasteiger partial charge in [-0.25, -0.2) is 9.97 Å². The number of fused-ring (bicyclic) bond motifs is 1. The zero-order valence-corrected chi connectivity index (χ0v) is 19.0. The standard InChI is InChI=1S/C23H32N4O2S/c1-16-12-17(2)14-27(13-16)23(28)18(3)30-22-19-6-4-5-7-20(19)24-21(25-22)15-26-8-10-29-11-9-26/h4-7,16-18H,8-15H2,1-3H3. The van der Waals surface area contributed by atoms with Gasteiger partial charge in [0.25, 0.3) is 0 Å². The first-order chi connectivity index (χ1) is 14.5. The molecule has 0 spiro atoms. The summed E-state index contributed by atoms with van der Waals surface area (Å²) in [5.74, 6) is 2.17. The highest BCUT2D eigenvalue weighted by Gasteiger charge is 2.29. The van der Waals surface area contributed by atoms with Gasteiger partial charge in [-0.1, -0.05) is 43.8 Å². The van der Waals surface area contributed by atoms with Crippen molar-refractivity contribution in [2.75, 3.05) is 39.4 Å². The second-order valence-corrected chi connectivity index (χ2v) is 10.1. The van der Waals surface area contributed by atoms with E-state index >= 15 is 0 Å². The van der Waals surface area contributed by atoms with Crippen LogP contribution in [0, 0.1) is 11.8 Å². The summed E-state index contributed by atoms with van der Waals surface area (Å²) in [7, 11) is 0. The third-order valence-corrected chi connectivity index (χ3v) is 6.99. The van der Waals surface area contributed by atoms with Crippen LogP contribution in [0.5, 0.6) is 0 Å². The number of likely N-dealkylation sites (tertiary alicyclic amines) is 1. The van der Waals surface area contributed by atoms with Crippen molar-refractivity contribution >= 4 is 28.6 Å². The number of benzene rings is 1. The molecule has 3 heterocycles. The molecule has 3 atom stereocenters. The summed E-state index contributed by atoms with van der Waals surface area (Å²) in [6, 6.07) is 8.11. The van der Waals surface area contributed by atoms with Gasteiger partial charge in [0.05, 0.1) is 30.5 Å². The van der Waals surface area contributed by atoms with Gasteiger partial charge in [-0.2, -0.15) is 0 Å². The lowest BCUT2D eigenvalue weighted by atomic mass is 9.92. The highest BCUT2D eigenvalue weighted by atomic mass is 32.2. The number of aromatic nitrogens is 2. The van der Waals surface area contributed by atoms with E-state index in [0.29, 0.717) is 18.4 Å². The normalized spacial score (nSPS) is 24.2. The first-order valence-electron chi connectivity index (χ1n) is 11.0. The van der Waals surface area contributed by atoms with Crippen LogP contribution in [0.4, 0.5) is 0 Å². The highest BCUT2D eigenvalue weighted by Crippen LogP contribution is 2.31. The van der Waals surface area contributed by atoms with E-state index in [2.05, 4.69) is 29.7 Å². The first-order valence-corrected chi connectivity index (χ1v) is 11.9. The molecule has 0 aliphatic carbocycles. The van der Waals surface area contributed by atoms with Gasteiger partial charge >= 0.3 is 0 Å². The zero-order chi connectivity index (χ0) is 21.1. The second-order valence-electron chi connectivity index (χ2n) is 8.80. The number of carbonyl (C=O) groups is 1. The molecule has 0 saturated carbocycles. The van der Waals surface area contributed by atoms with E-state index in [1.807, 2.05) is 25.1 Å². The molecule has 30 heavy (non-hydrogen) atoms. The molecule has 2 aromatic rings. The lowest BCUT2D eigenvalue weighted by Gasteiger charge is -2.36. The SMILES string of the molecule is CC1CC(C)CN(C(=O)C(C)Sc2nc(CN3CCOCC3)nc3ccccc23)C1. The molecule has 0 N–H and O–H groups in total. The number of ether oxygens (including phenoxy) is 1. The smallest absolute Gasteiger partial charge is 0.235 e. The van der Waals surface area contributed by atoms with E-state index in [1.54, 1.807) is 11.8 Å². The fourth-order valence-electron chi connectivity index (χ4n) is 4.53. The van der Waals surface area contributed by atoms with Crippen molar-refractivity contribution in [1.82, 2.24) is 19.8 Å². The third kappa shape index (κ3) is 5.13. The number of piperidine rings is 1. The number of thioether (sulfide) groups is 1. The number of hydrogen-bond donors (Lipinski definition) is 0. The van der Waals surface area contributed by atoms with Gasteiger partial charge in [-0.15, -0.1) is 0 Å². The maximum Gasteiger partial charge on any atom is 0.235 e. The van der Waals surface area contributed by atoms with Gasteiger partial charge in [-0.05, 0) is 31.2 Å². The Labute approximate surface area is 183 Å². The van der Waals surface area contributed by atoms with Gasteiger partial charge in [0.2, 0.25) is 5.91 Å². The van der Waals surface area contributed by atoms with E-state index in [-0.39, 0.29) is 11.2 Å². The van der Waals surface area contributed by atoms with E-state index in [0.717, 1.165) is 61.1 Å². The molecule has 2 fully saturated rings. The van der Waals surface area contributed by atoms with Crippen LogP contribution in [0.25, 0.3) is 10.9 Å². The Morgan fingerprint density at radius 2 is 1.87 bits per heavy atom. The Morgan fingerprint density at radius 1 is 1.17 bits per heavy atom. The molecule has 0 radical (unpaired) electrons. The summed E-state index contributed by atoms with van der Waals surface area (Å²) >= 11 is 1.57. The topological polar surface area (TPSA) is 58.6 Å². The lowest BCUT2D eigenvalue weighted by molar-refractivity contribution is -0.132. The molecule has 0 bridgehead atoms. The fraction of sp³-hybridized carbons (Fsp3) is 0.609. The van der Waals surface area contributed by atoms with E-state index in [9.17, 15) is 4.79 Å². The molecular weight excluding hydrogens is 396 g/mol. The Balaban J connectivity index is 1.53. The van der Waals surface area contributed by atoms with Crippen LogP contribution in [0.1, 0.15) is 33.0 Å². The van der Waals surface area contributed by atoms with Crippen molar-refractivity contribution < 1.29 is 9.53 Å². The predicted molar refractivity (Wildman–Crippen MR) is 120 cm³/mol. The Morgan fingerprint density at radius 3 is 2.60 bits per heavy atom. The van der Waals surface area contributed by atoms with Crippen molar-refractivity contribution in [2.24, 2.45) is 11.8 Å². The molecule has 2 saturated heterocycles. The lowest BCUT2D eigenvalue weighted by Crippen LogP contribution is -2.45. The Kier molecular flexibility index (Phi) is 6.91. The number of amides is 1. The van der Waals surface area contributed by atoms with Crippen LogP contribution < -0.4 is 0 Å². The summed E-state index contributed by atoms with van der Waals surface area (Å²) in [6.07, 6.45) is 1.20. The molecule has 4 rings (SSSR count). The molecule has 1 aromatic carbocycles. The largest absolute Gasteiger partial charge is 0.379 e. The molecule has 7 heteroatoms. The summed E-state index contributed by atoms with van der Waals surface area (Å²) in [5.41, 5.74) is 0.943. The van der Waals surface area contributed by atoms with Gasteiger partial charge in [0, 0.05) is 31.6 Å². The number of carbonyl (C=O) groups excluding carboxylic acids is 1. The van der Waals surface area contributed by atoms with Crippen LogP contribution in [-0.4, -0.2) is 70.3 Å². The fourth-order valence-corrected chi connectivity index (χ4v) is 5.57. The molecule has 2 aliphatic heterocycles. The number of hydrogen-bond acceptors (Lipinski definition) is 6. The van der Waals surface area contributed by atoms with Crippen LogP contribution >= 0.6 is 11.8 Å². The summed E-state index contributed by atoms with van der Waals surface area (Å²) in [4.78, 5) is 27.2. The third-order valence-electron chi connectivity index (χ3n) is 5.90. The maximum absolute atomic E-state index is 13.2. The molecule has 2 aliphatic rings. The van der Waals surface area contributed by atoms with Crippen LogP contribution in [0.2, 0.25) is 0 Å². The average Bonchev–Trinajstić information content (AvgIpc) is 2.73. The molecule has 3 unspecified atom stereocenters. The number of rotatable bonds is 5. The highest BCUT2D eigenvalue weighted by molar-refractivity contribution is 8.00. The van der Waals surface area contributed by atoms with Crippen LogP contribution in [-0.2, 0) is 16.1 Å². The van der Waals surface area contributed by atoms with Crippen molar-refractivity contribution in [1.29, 1.82) is 0 Å². The molecular formula is C23H32N4O2S. The minimum absolute atomic E-state index is 0.169. The molecule has 6 nitrogen and oxygen atoms in total. The number of morpholine rings is 1. The minimum atomic E-state index is -0.169. The van der Waals surface area contributed by atoms with Crippen molar-refractivity contribution in [2.45, 2.75) is 44.0 Å². The molecule has 1 aromatic heterocycles. The maximum atomic E-state index is 13.2. The zero-order valence-electron chi connectivity index (χ0n) is 18.2. The summed E-state index contributed by atoms with van der Waals surface area (Å²) in [5, 5.41) is 1.76. The molecule has 1 amide bonds. The van der Waals surface area contributed by atoms with E-state index < -0.39 is 0 Å². The van der Waals surface area contributed by atoms with Crippen LogP contribution in [0.3, 0.4) is 0 Å². The molecule has 162 valence electrons. The van der Waals surface area contributed by atoms with Crippen LogP contribution in [0.15, 0.2) is 29.3 Å². The van der Waals surface area contributed by atoms with Crippen molar-refractivity contribution in [3.05, 3.63) is 30.1 Å². The monoisotopic (exact) mass is 428 g/mol. The first kappa shape index (κ1) is 21.5. The quantitative estimate of drug-likeness (QED) is 0.537. The number of para-hydroxylation sites is 1. The van der Waals surface area contributed by atoms with Gasteiger partial charge in [-0.3, -0.25) is 9.69 Å². The number of nitrogens with zero attached hydrogens (tertiary/aromatic N) is 4. The van der Waals surface area contributed by atoms with Gasteiger partial charge < -0.3 is 9.64 Å². The average molecular weight is 429 g/mol. The van der Waals surface area contributed by atoms with Gasteiger partial charge in [0.15, 0.2) is 0 Å². The van der Waals surface area contributed by atoms with Gasteiger partial charge in [0.1, 0.15) is 10.9 Å². The van der Waals surface area contributed by atoms with E-state index in [1.165, 1.54) is 6.42 Å². The van der Waals surface area contributed by atoms with Crippen molar-refractivity contribution in [3.63, 3.8) is 0 Å². The van der Waals surface area contributed by atoms with Crippen molar-refractivity contribution in [3.8, 4) is 0 Å². The second kappa shape index (κ2) is 9.62. The summed E-state index contributed by atoms with van der Waals surface area (Å²) in [6.45, 7) is 12.2. The summed E-state index contributed by atoms with van der Waals surface area (Å²) < 4.78 is 5.45. The Bertz CT molecular complexity index is 877. The minimum Gasteiger partial charge on any atom is -0.379 e. The van der Waals surface area contributed by atoms with E-state index in [4.69, 9.17) is 14.7 Å². The predicted octanol–water partition coefficient (Wildman–Crippen LogP) is 3.45.